The summed E-state index contributed by atoms with van der Waals surface area (Å²) in [6, 6.07) is 0. The lowest BCUT2D eigenvalue weighted by molar-refractivity contribution is 0.0545. The van der Waals surface area contributed by atoms with Gasteiger partial charge in [0.05, 0.1) is 0 Å². The van der Waals surface area contributed by atoms with Gasteiger partial charge in [-0.25, -0.2) is 0 Å². The van der Waals surface area contributed by atoms with E-state index in [1.54, 1.807) is 0 Å². The highest BCUT2D eigenvalue weighted by Crippen LogP contribution is 2.13. The van der Waals surface area contributed by atoms with Crippen LogP contribution in [-0.4, -0.2) is 41.8 Å². The predicted octanol–water partition coefficient (Wildman–Crippen LogP) is 2.02. The molecular formula is C12H27B3O6. The lowest BCUT2D eigenvalue weighted by atomic mass is 9.96. The summed E-state index contributed by atoms with van der Waals surface area (Å²) in [4.78, 5) is 0. The molecule has 0 atom stereocenters. The first kappa shape index (κ1) is 19.0. The van der Waals surface area contributed by atoms with Crippen LogP contribution in [0.25, 0.3) is 0 Å². The van der Waals surface area contributed by atoms with Crippen molar-refractivity contribution >= 4 is 22.0 Å². The van der Waals surface area contributed by atoms with Gasteiger partial charge in [0.1, 0.15) is 0 Å². The van der Waals surface area contributed by atoms with Crippen LogP contribution in [0.5, 0.6) is 0 Å². The highest BCUT2D eigenvalue weighted by atomic mass is 16.9. The Hall–Kier alpha value is -0.0452. The van der Waals surface area contributed by atoms with E-state index in [1.807, 2.05) is 0 Å². The van der Waals surface area contributed by atoms with E-state index in [4.69, 9.17) is 27.7 Å². The monoisotopic (exact) mass is 300 g/mol. The van der Waals surface area contributed by atoms with Crippen molar-refractivity contribution < 1.29 is 27.7 Å². The molecule has 1 aliphatic rings. The first-order valence-electron chi connectivity index (χ1n) is 7.68. The molecule has 1 heterocycles. The van der Waals surface area contributed by atoms with Crippen molar-refractivity contribution in [2.24, 2.45) is 17.8 Å². The second-order valence-corrected chi connectivity index (χ2v) is 6.46. The summed E-state index contributed by atoms with van der Waals surface area (Å²) in [5, 5.41) is 0. The quantitative estimate of drug-likeness (QED) is 0.607. The predicted molar refractivity (Wildman–Crippen MR) is 82.9 cm³/mol. The van der Waals surface area contributed by atoms with E-state index < -0.39 is 22.0 Å². The van der Waals surface area contributed by atoms with Crippen molar-refractivity contribution in [2.75, 3.05) is 19.8 Å². The maximum Gasteiger partial charge on any atom is 0.615 e. The van der Waals surface area contributed by atoms with Gasteiger partial charge in [0, 0.05) is 19.8 Å². The Morgan fingerprint density at radius 1 is 0.571 bits per heavy atom. The maximum absolute atomic E-state index is 5.53. The molecule has 0 amide bonds. The van der Waals surface area contributed by atoms with Crippen LogP contribution in [0, 0.1) is 17.8 Å². The van der Waals surface area contributed by atoms with Gasteiger partial charge in [0.15, 0.2) is 0 Å². The molecule has 0 N–H and O–H groups in total. The molecule has 1 saturated heterocycles. The Labute approximate surface area is 129 Å². The molecule has 1 aliphatic heterocycles. The van der Waals surface area contributed by atoms with Crippen LogP contribution in [0.2, 0.25) is 0 Å². The molecule has 6 nitrogen and oxygen atoms in total. The maximum atomic E-state index is 5.53. The minimum absolute atomic E-state index is 0.380. The van der Waals surface area contributed by atoms with Gasteiger partial charge in [-0.1, -0.05) is 41.5 Å². The van der Waals surface area contributed by atoms with Crippen LogP contribution in [0.1, 0.15) is 41.5 Å². The van der Waals surface area contributed by atoms with Crippen molar-refractivity contribution in [3.05, 3.63) is 0 Å². The molecule has 0 radical (unpaired) electrons. The number of rotatable bonds is 9. The van der Waals surface area contributed by atoms with Crippen LogP contribution in [0.3, 0.4) is 0 Å². The SMILES string of the molecule is CC(C)COB1OB(OCC(C)C)OB(OCC(C)C)O1. The summed E-state index contributed by atoms with van der Waals surface area (Å²) in [7, 11) is -2.51. The Balaban J connectivity index is 2.46. The minimum Gasteiger partial charge on any atom is -0.400 e. The van der Waals surface area contributed by atoms with E-state index in [-0.39, 0.29) is 0 Å². The van der Waals surface area contributed by atoms with Gasteiger partial charge in [-0.2, -0.15) is 0 Å². The van der Waals surface area contributed by atoms with Crippen LogP contribution >= 0.6 is 0 Å². The van der Waals surface area contributed by atoms with Gasteiger partial charge < -0.3 is 27.7 Å². The lowest BCUT2D eigenvalue weighted by Crippen LogP contribution is -2.53. The van der Waals surface area contributed by atoms with Crippen LogP contribution < -0.4 is 0 Å². The molecular weight excluding hydrogens is 273 g/mol. The molecule has 0 aliphatic carbocycles. The lowest BCUT2D eigenvalue weighted by Gasteiger charge is -2.29. The van der Waals surface area contributed by atoms with E-state index in [0.29, 0.717) is 37.6 Å². The number of hydrogen-bond donors (Lipinski definition) is 0. The zero-order chi connectivity index (χ0) is 15.8. The standard InChI is InChI=1S/C12H27B3O6/c1-10(2)7-16-13-19-14(17-8-11(3)4)21-15(20-13)18-9-12(5)6/h10-12H,7-9H2,1-6H3. The summed E-state index contributed by atoms with van der Waals surface area (Å²) < 4.78 is 33.0. The van der Waals surface area contributed by atoms with Crippen molar-refractivity contribution in [3.8, 4) is 0 Å². The number of hydrogen-bond acceptors (Lipinski definition) is 6. The largest absolute Gasteiger partial charge is 0.615 e. The van der Waals surface area contributed by atoms with Crippen LogP contribution in [0.4, 0.5) is 0 Å². The highest BCUT2D eigenvalue weighted by molar-refractivity contribution is 6.66. The van der Waals surface area contributed by atoms with E-state index >= 15 is 0 Å². The molecule has 1 fully saturated rings. The van der Waals surface area contributed by atoms with Gasteiger partial charge in [0.2, 0.25) is 0 Å². The van der Waals surface area contributed by atoms with Crippen LogP contribution in [0.15, 0.2) is 0 Å². The third kappa shape index (κ3) is 8.85. The fourth-order valence-electron chi connectivity index (χ4n) is 1.42. The Morgan fingerprint density at radius 2 is 0.810 bits per heavy atom. The van der Waals surface area contributed by atoms with Crippen molar-refractivity contribution in [1.82, 2.24) is 0 Å². The molecule has 0 saturated carbocycles. The Bertz CT molecular complexity index is 231. The second kappa shape index (κ2) is 9.87. The smallest absolute Gasteiger partial charge is 0.400 e. The molecule has 120 valence electrons. The van der Waals surface area contributed by atoms with Crippen LogP contribution in [-0.2, 0) is 27.7 Å². The molecule has 1 rings (SSSR count). The average molecular weight is 300 g/mol. The summed E-state index contributed by atoms with van der Waals surface area (Å²) >= 11 is 0. The van der Waals surface area contributed by atoms with Gasteiger partial charge in [-0.05, 0) is 17.8 Å². The molecule has 0 unspecified atom stereocenters. The zero-order valence-corrected chi connectivity index (χ0v) is 14.0. The molecule has 0 spiro atoms. The van der Waals surface area contributed by atoms with Crippen molar-refractivity contribution in [1.29, 1.82) is 0 Å². The van der Waals surface area contributed by atoms with E-state index in [2.05, 4.69) is 41.5 Å². The normalized spacial score (nSPS) is 16.7. The molecule has 0 aromatic rings. The van der Waals surface area contributed by atoms with Crippen molar-refractivity contribution in [2.45, 2.75) is 41.5 Å². The van der Waals surface area contributed by atoms with E-state index in [0.717, 1.165) is 0 Å². The summed E-state index contributed by atoms with van der Waals surface area (Å²) in [5.74, 6) is 1.14. The first-order valence-corrected chi connectivity index (χ1v) is 7.68. The summed E-state index contributed by atoms with van der Waals surface area (Å²) in [6.07, 6.45) is 0. The fourth-order valence-corrected chi connectivity index (χ4v) is 1.42. The Kier molecular flexibility index (Phi) is 8.93. The molecule has 0 bridgehead atoms. The minimum atomic E-state index is -0.838. The first-order chi connectivity index (χ1) is 9.86. The van der Waals surface area contributed by atoms with Gasteiger partial charge >= 0.3 is 22.0 Å². The van der Waals surface area contributed by atoms with Gasteiger partial charge in [0.25, 0.3) is 0 Å². The third-order valence-electron chi connectivity index (χ3n) is 2.36. The van der Waals surface area contributed by atoms with E-state index in [1.165, 1.54) is 0 Å². The third-order valence-corrected chi connectivity index (χ3v) is 2.36. The molecule has 9 heteroatoms. The van der Waals surface area contributed by atoms with Gasteiger partial charge in [-0.3, -0.25) is 0 Å². The highest BCUT2D eigenvalue weighted by Gasteiger charge is 2.46. The van der Waals surface area contributed by atoms with Crippen molar-refractivity contribution in [3.63, 3.8) is 0 Å². The summed E-state index contributed by atoms with van der Waals surface area (Å²) in [5.41, 5.74) is 0. The average Bonchev–Trinajstić information content (AvgIpc) is 2.40. The molecule has 21 heavy (non-hydrogen) atoms. The summed E-state index contributed by atoms with van der Waals surface area (Å²) in [6.45, 7) is 13.9. The Morgan fingerprint density at radius 3 is 1.00 bits per heavy atom. The zero-order valence-electron chi connectivity index (χ0n) is 14.0. The topological polar surface area (TPSA) is 55.4 Å². The molecule has 0 aromatic carbocycles. The molecule has 0 aromatic heterocycles. The second-order valence-electron chi connectivity index (χ2n) is 6.46. The van der Waals surface area contributed by atoms with E-state index in [9.17, 15) is 0 Å². The fraction of sp³-hybridized carbons (Fsp3) is 1.00. The van der Waals surface area contributed by atoms with Gasteiger partial charge in [-0.15, -0.1) is 0 Å².